The normalized spacial score (nSPS) is 16.8. The maximum Gasteiger partial charge on any atom is 0.0630 e. The van der Waals surface area contributed by atoms with Crippen LogP contribution in [0.3, 0.4) is 0 Å². The Hall–Kier alpha value is -6.38. The van der Waals surface area contributed by atoms with Gasteiger partial charge in [0.2, 0.25) is 0 Å². The number of nitrogens with zero attached hydrogens (tertiary/aromatic N) is 2. The highest BCUT2D eigenvalue weighted by molar-refractivity contribution is 6.25. The monoisotopic (exact) mass is 634 g/mol. The lowest BCUT2D eigenvalue weighted by Gasteiger charge is -2.23. The van der Waals surface area contributed by atoms with Crippen LogP contribution < -0.4 is 0 Å². The van der Waals surface area contributed by atoms with Gasteiger partial charge in [0.1, 0.15) is 0 Å². The zero-order valence-corrected chi connectivity index (χ0v) is 27.2. The second-order valence-electron chi connectivity index (χ2n) is 14.0. The van der Waals surface area contributed by atoms with Gasteiger partial charge in [-0.05, 0) is 85.4 Å². The second-order valence-corrected chi connectivity index (χ2v) is 14.0. The molecule has 0 fully saturated rings. The molecule has 12 rings (SSSR count). The van der Waals surface area contributed by atoms with E-state index in [0.717, 1.165) is 0 Å². The van der Waals surface area contributed by atoms with Gasteiger partial charge in [-0.1, -0.05) is 133 Å². The molecule has 2 heteroatoms. The molecular weight excluding hydrogens is 605 g/mol. The summed E-state index contributed by atoms with van der Waals surface area (Å²) in [4.78, 5) is 0. The first-order chi connectivity index (χ1) is 24.8. The molecule has 1 aliphatic heterocycles. The molecule has 0 spiro atoms. The average molecular weight is 635 g/mol. The topological polar surface area (TPSA) is 9.86 Å². The molecule has 0 bridgehead atoms. The molecule has 8 aromatic carbocycles. The Morgan fingerprint density at radius 1 is 0.420 bits per heavy atom. The summed E-state index contributed by atoms with van der Waals surface area (Å²) in [5.41, 5.74) is 10.3. The van der Waals surface area contributed by atoms with E-state index in [0.29, 0.717) is 12.0 Å². The van der Waals surface area contributed by atoms with Crippen molar-refractivity contribution in [3.63, 3.8) is 0 Å². The molecular formula is C48H30N2. The van der Waals surface area contributed by atoms with Crippen LogP contribution >= 0.6 is 0 Å². The predicted molar refractivity (Wildman–Crippen MR) is 212 cm³/mol. The summed E-state index contributed by atoms with van der Waals surface area (Å²) in [6, 6.07) is 56.6. The van der Waals surface area contributed by atoms with Gasteiger partial charge in [-0.3, -0.25) is 0 Å². The molecule has 0 saturated carbocycles. The molecule has 0 radical (unpaired) electrons. The quantitative estimate of drug-likeness (QED) is 0.167. The zero-order valence-electron chi connectivity index (χ0n) is 27.2. The van der Waals surface area contributed by atoms with Crippen LogP contribution in [0.2, 0.25) is 0 Å². The highest BCUT2D eigenvalue weighted by atomic mass is 15.0. The largest absolute Gasteiger partial charge is 0.332 e. The van der Waals surface area contributed by atoms with Gasteiger partial charge in [0.25, 0.3) is 0 Å². The first-order valence-corrected chi connectivity index (χ1v) is 17.6. The van der Waals surface area contributed by atoms with Crippen molar-refractivity contribution >= 4 is 81.5 Å². The molecule has 0 amide bonds. The number of aromatic nitrogens is 2. The van der Waals surface area contributed by atoms with E-state index in [-0.39, 0.29) is 0 Å². The van der Waals surface area contributed by atoms with E-state index in [1.165, 1.54) is 98.3 Å². The first-order valence-electron chi connectivity index (χ1n) is 17.6. The fourth-order valence-electron chi connectivity index (χ4n) is 9.51. The molecule has 2 nitrogen and oxygen atoms in total. The predicted octanol–water partition coefficient (Wildman–Crippen LogP) is 12.6. The summed E-state index contributed by atoms with van der Waals surface area (Å²) in [5, 5.41) is 13.1. The summed E-state index contributed by atoms with van der Waals surface area (Å²) in [6.07, 6.45) is 7.30. The van der Waals surface area contributed by atoms with Crippen LogP contribution in [0.5, 0.6) is 0 Å². The van der Waals surface area contributed by atoms with Gasteiger partial charge in [-0.15, -0.1) is 0 Å². The molecule has 2 aromatic heterocycles. The molecule has 2 unspecified atom stereocenters. The SMILES string of the molecule is C1=CC2C(C=C1c1ccc3c(c1)c1ccccc1n3-c1ccc3c4ccccc4c4ccccc4c3c1)c1cccc3c4ccccc4n2c13. The lowest BCUT2D eigenvalue weighted by atomic mass is 9.85. The number of hydrogen-bond acceptors (Lipinski definition) is 0. The minimum Gasteiger partial charge on any atom is -0.332 e. The van der Waals surface area contributed by atoms with E-state index >= 15 is 0 Å². The average Bonchev–Trinajstić information content (AvgIpc) is 3.82. The fraction of sp³-hybridized carbons (Fsp3) is 0.0417. The molecule has 10 aromatic rings. The molecule has 2 atom stereocenters. The van der Waals surface area contributed by atoms with Gasteiger partial charge in [-0.25, -0.2) is 0 Å². The standard InChI is InChI=1S/C48H30N2/c1-2-12-34-32(10-1)33-11-3-4-13-35(33)41-28-31(22-23-36(34)41)49-44-18-7-6-15-38(44)42-26-29(20-24-46(42)49)30-21-25-47-43(27-30)40-17-9-16-39-37-14-5-8-19-45(37)50(47)48(39)40/h1-28,43,47H. The van der Waals surface area contributed by atoms with Crippen LogP contribution in [0.4, 0.5) is 0 Å². The maximum atomic E-state index is 2.57. The van der Waals surface area contributed by atoms with Crippen molar-refractivity contribution < 1.29 is 0 Å². The van der Waals surface area contributed by atoms with Gasteiger partial charge in [-0.2, -0.15) is 0 Å². The number of para-hydroxylation sites is 3. The van der Waals surface area contributed by atoms with E-state index in [4.69, 9.17) is 0 Å². The second kappa shape index (κ2) is 9.62. The van der Waals surface area contributed by atoms with Crippen molar-refractivity contribution in [3.05, 3.63) is 181 Å². The van der Waals surface area contributed by atoms with Crippen molar-refractivity contribution in [1.29, 1.82) is 0 Å². The molecule has 1 aliphatic carbocycles. The minimum atomic E-state index is 0.297. The molecule has 0 saturated heterocycles. The van der Waals surface area contributed by atoms with E-state index in [2.05, 4.69) is 179 Å². The van der Waals surface area contributed by atoms with Crippen LogP contribution in [-0.4, -0.2) is 9.13 Å². The summed E-state index contributed by atoms with van der Waals surface area (Å²) in [6.45, 7) is 0. The van der Waals surface area contributed by atoms with Gasteiger partial charge in [0.05, 0.1) is 22.6 Å². The summed E-state index contributed by atoms with van der Waals surface area (Å²) < 4.78 is 5.02. The maximum absolute atomic E-state index is 2.57. The smallest absolute Gasteiger partial charge is 0.0630 e. The van der Waals surface area contributed by atoms with E-state index < -0.39 is 0 Å². The van der Waals surface area contributed by atoms with Crippen molar-refractivity contribution in [2.75, 3.05) is 0 Å². The Balaban J connectivity index is 1.03. The van der Waals surface area contributed by atoms with Gasteiger partial charge in [0.15, 0.2) is 0 Å². The molecule has 232 valence electrons. The lowest BCUT2D eigenvalue weighted by Crippen LogP contribution is -2.10. The molecule has 0 N–H and O–H groups in total. The third-order valence-electron chi connectivity index (χ3n) is 11.6. The Morgan fingerprint density at radius 3 is 1.78 bits per heavy atom. The molecule has 2 aliphatic rings. The van der Waals surface area contributed by atoms with Gasteiger partial charge >= 0.3 is 0 Å². The van der Waals surface area contributed by atoms with Crippen LogP contribution in [0.15, 0.2) is 170 Å². The molecule has 3 heterocycles. The minimum absolute atomic E-state index is 0.297. The van der Waals surface area contributed by atoms with E-state index in [9.17, 15) is 0 Å². The number of benzene rings is 8. The summed E-state index contributed by atoms with van der Waals surface area (Å²) >= 11 is 0. The fourth-order valence-corrected chi connectivity index (χ4v) is 9.51. The number of fused-ring (bicyclic) bond motifs is 15. The third kappa shape index (κ3) is 3.38. The third-order valence-corrected chi connectivity index (χ3v) is 11.6. The Labute approximate surface area is 288 Å². The van der Waals surface area contributed by atoms with Crippen molar-refractivity contribution in [2.45, 2.75) is 12.0 Å². The Bertz CT molecular complexity index is 3130. The number of hydrogen-bond donors (Lipinski definition) is 0. The van der Waals surface area contributed by atoms with Crippen molar-refractivity contribution in [2.24, 2.45) is 0 Å². The summed E-state index contributed by atoms with van der Waals surface area (Å²) in [5.74, 6) is 0.318. The van der Waals surface area contributed by atoms with Gasteiger partial charge in [0, 0.05) is 38.7 Å². The van der Waals surface area contributed by atoms with Crippen molar-refractivity contribution in [3.8, 4) is 5.69 Å². The van der Waals surface area contributed by atoms with Crippen LogP contribution in [0.1, 0.15) is 23.1 Å². The van der Waals surface area contributed by atoms with Crippen LogP contribution in [-0.2, 0) is 0 Å². The van der Waals surface area contributed by atoms with Crippen molar-refractivity contribution in [1.82, 2.24) is 9.13 Å². The Morgan fingerprint density at radius 2 is 1.02 bits per heavy atom. The van der Waals surface area contributed by atoms with E-state index in [1.807, 2.05) is 0 Å². The lowest BCUT2D eigenvalue weighted by molar-refractivity contribution is 0.617. The molecule has 50 heavy (non-hydrogen) atoms. The first kappa shape index (κ1) is 26.6. The highest BCUT2D eigenvalue weighted by Gasteiger charge is 2.35. The zero-order chi connectivity index (χ0) is 32.5. The Kier molecular flexibility index (Phi) is 5.11. The van der Waals surface area contributed by atoms with E-state index in [1.54, 1.807) is 0 Å². The number of rotatable bonds is 2. The van der Waals surface area contributed by atoms with Crippen LogP contribution in [0, 0.1) is 0 Å². The summed E-state index contributed by atoms with van der Waals surface area (Å²) in [7, 11) is 0. The van der Waals surface area contributed by atoms with Crippen LogP contribution in [0.25, 0.3) is 87.2 Å². The highest BCUT2D eigenvalue weighted by Crippen LogP contribution is 2.51. The van der Waals surface area contributed by atoms with Gasteiger partial charge < -0.3 is 9.13 Å². The number of allylic oxidation sites excluding steroid dienone is 4.